The summed E-state index contributed by atoms with van der Waals surface area (Å²) in [6.45, 7) is 5.66. The van der Waals surface area contributed by atoms with E-state index in [2.05, 4.69) is 15.5 Å². The van der Waals surface area contributed by atoms with E-state index in [0.29, 0.717) is 17.9 Å². The van der Waals surface area contributed by atoms with Gasteiger partial charge in [0.05, 0.1) is 13.2 Å². The van der Waals surface area contributed by atoms with Gasteiger partial charge in [-0.15, -0.1) is 0 Å². The zero-order valence-electron chi connectivity index (χ0n) is 15.1. The van der Waals surface area contributed by atoms with Crippen LogP contribution in [0.2, 0.25) is 0 Å². The number of amides is 1. The normalized spacial score (nSPS) is 18.9. The van der Waals surface area contributed by atoms with Gasteiger partial charge in [-0.2, -0.15) is 0 Å². The van der Waals surface area contributed by atoms with Crippen molar-refractivity contribution < 1.29 is 14.3 Å². The summed E-state index contributed by atoms with van der Waals surface area (Å²) in [5, 5.41) is 6.32. The maximum absolute atomic E-state index is 12.4. The first kappa shape index (κ1) is 18.0. The highest BCUT2D eigenvalue weighted by atomic mass is 16.5. The molecule has 2 aliphatic rings. The number of hydrogen-bond acceptors (Lipinski definition) is 5. The average Bonchev–Trinajstić information content (AvgIpc) is 3.16. The molecule has 6 heteroatoms. The van der Waals surface area contributed by atoms with Gasteiger partial charge in [0.2, 0.25) is 0 Å². The largest absolute Gasteiger partial charge is 0.493 e. The summed E-state index contributed by atoms with van der Waals surface area (Å²) in [4.78, 5) is 14.7. The van der Waals surface area contributed by atoms with Crippen LogP contribution in [-0.4, -0.2) is 63.3 Å². The zero-order chi connectivity index (χ0) is 17.5. The molecule has 138 valence electrons. The van der Waals surface area contributed by atoms with Crippen molar-refractivity contribution in [2.24, 2.45) is 0 Å². The second kappa shape index (κ2) is 9.06. The highest BCUT2D eigenvalue weighted by molar-refractivity contribution is 5.94. The van der Waals surface area contributed by atoms with Crippen molar-refractivity contribution in [1.29, 1.82) is 0 Å². The molecule has 1 aliphatic heterocycles. The molecule has 1 aromatic carbocycles. The van der Waals surface area contributed by atoms with Crippen molar-refractivity contribution in [3.05, 3.63) is 23.8 Å². The van der Waals surface area contributed by atoms with Crippen molar-refractivity contribution in [2.45, 2.75) is 31.8 Å². The van der Waals surface area contributed by atoms with Crippen LogP contribution in [0.4, 0.5) is 0 Å². The van der Waals surface area contributed by atoms with Crippen molar-refractivity contribution in [3.8, 4) is 11.5 Å². The summed E-state index contributed by atoms with van der Waals surface area (Å²) in [5.41, 5.74) is 0.607. The van der Waals surface area contributed by atoms with Gasteiger partial charge in [0, 0.05) is 44.8 Å². The highest BCUT2D eigenvalue weighted by Crippen LogP contribution is 2.32. The first-order valence-electron chi connectivity index (χ1n) is 9.32. The molecule has 25 heavy (non-hydrogen) atoms. The third-order valence-electron chi connectivity index (χ3n) is 4.94. The Labute approximate surface area is 149 Å². The van der Waals surface area contributed by atoms with Gasteiger partial charge in [0.15, 0.2) is 11.5 Å². The Morgan fingerprint density at radius 3 is 2.72 bits per heavy atom. The van der Waals surface area contributed by atoms with Gasteiger partial charge in [-0.25, -0.2) is 0 Å². The summed E-state index contributed by atoms with van der Waals surface area (Å²) in [5.74, 6) is 1.29. The Morgan fingerprint density at radius 2 is 2.00 bits per heavy atom. The van der Waals surface area contributed by atoms with Gasteiger partial charge < -0.3 is 20.1 Å². The number of carbonyl (C=O) groups excluding carboxylic acids is 1. The van der Waals surface area contributed by atoms with E-state index in [0.717, 1.165) is 51.3 Å². The van der Waals surface area contributed by atoms with E-state index >= 15 is 0 Å². The summed E-state index contributed by atoms with van der Waals surface area (Å²) < 4.78 is 11.4. The summed E-state index contributed by atoms with van der Waals surface area (Å²) >= 11 is 0. The number of carbonyl (C=O) groups is 1. The fourth-order valence-electron chi connectivity index (χ4n) is 3.46. The Hall–Kier alpha value is -1.79. The lowest BCUT2D eigenvalue weighted by atomic mass is 10.2. The second-order valence-electron chi connectivity index (χ2n) is 6.74. The number of nitrogens with one attached hydrogen (secondary N) is 2. The molecule has 1 heterocycles. The molecule has 0 atom stereocenters. The number of piperazine rings is 1. The van der Waals surface area contributed by atoms with Gasteiger partial charge in [-0.05, 0) is 43.9 Å². The monoisotopic (exact) mass is 347 g/mol. The predicted molar refractivity (Wildman–Crippen MR) is 97.5 cm³/mol. The molecule has 6 nitrogen and oxygen atoms in total. The lowest BCUT2D eigenvalue weighted by Gasteiger charge is -2.27. The predicted octanol–water partition coefficient (Wildman–Crippen LogP) is 1.65. The van der Waals surface area contributed by atoms with Gasteiger partial charge in [0.25, 0.3) is 5.91 Å². The number of hydrogen-bond donors (Lipinski definition) is 2. The molecular formula is C19H29N3O3. The minimum Gasteiger partial charge on any atom is -0.493 e. The topological polar surface area (TPSA) is 62.8 Å². The Kier molecular flexibility index (Phi) is 6.53. The van der Waals surface area contributed by atoms with Crippen LogP contribution < -0.4 is 20.1 Å². The molecule has 2 N–H and O–H groups in total. The molecule has 1 aliphatic carbocycles. The van der Waals surface area contributed by atoms with Crippen LogP contribution in [0.25, 0.3) is 0 Å². The van der Waals surface area contributed by atoms with Gasteiger partial charge >= 0.3 is 0 Å². The molecule has 1 amide bonds. The van der Waals surface area contributed by atoms with Crippen LogP contribution in [0.3, 0.4) is 0 Å². The molecule has 0 aromatic heterocycles. The van der Waals surface area contributed by atoms with E-state index < -0.39 is 0 Å². The number of ether oxygens (including phenoxy) is 2. The molecule has 0 radical (unpaired) electrons. The van der Waals surface area contributed by atoms with Gasteiger partial charge in [-0.3, -0.25) is 9.69 Å². The minimum atomic E-state index is -0.0687. The molecule has 3 rings (SSSR count). The molecule has 1 saturated heterocycles. The van der Waals surface area contributed by atoms with Crippen LogP contribution in [-0.2, 0) is 0 Å². The van der Waals surface area contributed by atoms with Crippen LogP contribution in [0.5, 0.6) is 11.5 Å². The van der Waals surface area contributed by atoms with Crippen molar-refractivity contribution in [1.82, 2.24) is 15.5 Å². The van der Waals surface area contributed by atoms with Crippen LogP contribution in [0.1, 0.15) is 36.0 Å². The fourth-order valence-corrected chi connectivity index (χ4v) is 3.46. The molecule has 2 fully saturated rings. The maximum Gasteiger partial charge on any atom is 0.251 e. The van der Waals surface area contributed by atoms with E-state index in [1.807, 2.05) is 12.1 Å². The summed E-state index contributed by atoms with van der Waals surface area (Å²) in [7, 11) is 1.61. The molecule has 0 spiro atoms. The van der Waals surface area contributed by atoms with Crippen molar-refractivity contribution in [3.63, 3.8) is 0 Å². The lowest BCUT2D eigenvalue weighted by Crippen LogP contribution is -2.46. The molecular weight excluding hydrogens is 318 g/mol. The Morgan fingerprint density at radius 1 is 1.24 bits per heavy atom. The summed E-state index contributed by atoms with van der Waals surface area (Å²) in [6.07, 6.45) is 4.91. The second-order valence-corrected chi connectivity index (χ2v) is 6.74. The number of nitrogens with zero attached hydrogens (tertiary/aromatic N) is 1. The van der Waals surface area contributed by atoms with E-state index in [4.69, 9.17) is 9.47 Å². The van der Waals surface area contributed by atoms with E-state index in [-0.39, 0.29) is 12.0 Å². The van der Waals surface area contributed by atoms with Crippen LogP contribution in [0.15, 0.2) is 18.2 Å². The Balaban J connectivity index is 1.52. The number of methoxy groups -OCH3 is 1. The van der Waals surface area contributed by atoms with E-state index in [1.165, 1.54) is 12.8 Å². The van der Waals surface area contributed by atoms with Crippen LogP contribution >= 0.6 is 0 Å². The highest BCUT2D eigenvalue weighted by Gasteiger charge is 2.19. The third kappa shape index (κ3) is 5.09. The van der Waals surface area contributed by atoms with Crippen molar-refractivity contribution in [2.75, 3.05) is 46.4 Å². The first-order valence-corrected chi connectivity index (χ1v) is 9.32. The van der Waals surface area contributed by atoms with Gasteiger partial charge in [0.1, 0.15) is 0 Å². The minimum absolute atomic E-state index is 0.0687. The molecule has 0 unspecified atom stereocenters. The number of rotatable bonds is 7. The standard InChI is InChI=1S/C19H29N3O3/c1-24-18-14-15(6-7-17(18)25-16-4-2-3-5-16)19(23)21-10-13-22-11-8-20-9-12-22/h6-7,14,16,20H,2-5,8-13H2,1H3,(H,21,23). The third-order valence-corrected chi connectivity index (χ3v) is 4.94. The SMILES string of the molecule is COc1cc(C(=O)NCCN2CCNCC2)ccc1OC1CCCC1. The molecule has 0 bridgehead atoms. The first-order chi connectivity index (χ1) is 12.3. The lowest BCUT2D eigenvalue weighted by molar-refractivity contribution is 0.0947. The summed E-state index contributed by atoms with van der Waals surface area (Å²) in [6, 6.07) is 5.43. The molecule has 1 aromatic rings. The zero-order valence-corrected chi connectivity index (χ0v) is 15.1. The fraction of sp³-hybridized carbons (Fsp3) is 0.632. The van der Waals surface area contributed by atoms with Crippen LogP contribution in [0, 0.1) is 0 Å². The van der Waals surface area contributed by atoms with Crippen molar-refractivity contribution >= 4 is 5.91 Å². The quantitative estimate of drug-likeness (QED) is 0.785. The Bertz CT molecular complexity index is 567. The smallest absolute Gasteiger partial charge is 0.251 e. The number of benzene rings is 1. The van der Waals surface area contributed by atoms with E-state index in [1.54, 1.807) is 13.2 Å². The average molecular weight is 347 g/mol. The van der Waals surface area contributed by atoms with Gasteiger partial charge in [-0.1, -0.05) is 0 Å². The maximum atomic E-state index is 12.4. The van der Waals surface area contributed by atoms with E-state index in [9.17, 15) is 4.79 Å². The molecule has 1 saturated carbocycles.